The number of ether oxygens (including phenoxy) is 2. The van der Waals surface area contributed by atoms with E-state index in [-0.39, 0.29) is 17.9 Å². The van der Waals surface area contributed by atoms with Crippen LogP contribution in [-0.4, -0.2) is 42.4 Å². The summed E-state index contributed by atoms with van der Waals surface area (Å²) in [7, 11) is 0. The molecule has 0 saturated carbocycles. The first-order chi connectivity index (χ1) is 12.6. The molecule has 1 fully saturated rings. The number of aryl methyl sites for hydroxylation is 1. The SMILES string of the molecule is CC(C)[C@H](OC[C@H]1CCCO1)C(=O)NCCCn1ccc2ccccc21. The molecule has 5 heteroatoms. The van der Waals surface area contributed by atoms with Gasteiger partial charge in [-0.05, 0) is 42.7 Å². The quantitative estimate of drug-likeness (QED) is 0.699. The Bertz CT molecular complexity index is 704. The number of rotatable bonds is 9. The molecule has 2 aromatic rings. The number of aromatic nitrogens is 1. The number of nitrogens with one attached hydrogen (secondary N) is 1. The van der Waals surface area contributed by atoms with E-state index in [9.17, 15) is 4.79 Å². The summed E-state index contributed by atoms with van der Waals surface area (Å²) in [5, 5.41) is 4.28. The van der Waals surface area contributed by atoms with Gasteiger partial charge in [-0.1, -0.05) is 32.0 Å². The summed E-state index contributed by atoms with van der Waals surface area (Å²) in [6.45, 7) is 6.89. The maximum atomic E-state index is 12.5. The largest absolute Gasteiger partial charge is 0.376 e. The molecule has 1 saturated heterocycles. The van der Waals surface area contributed by atoms with Gasteiger partial charge in [0.2, 0.25) is 5.91 Å². The highest BCUT2D eigenvalue weighted by atomic mass is 16.5. The van der Waals surface area contributed by atoms with Crippen LogP contribution in [0.2, 0.25) is 0 Å². The van der Waals surface area contributed by atoms with Gasteiger partial charge < -0.3 is 19.4 Å². The Labute approximate surface area is 155 Å². The van der Waals surface area contributed by atoms with Crippen LogP contribution in [0.4, 0.5) is 0 Å². The van der Waals surface area contributed by atoms with Crippen molar-refractivity contribution in [1.82, 2.24) is 9.88 Å². The Morgan fingerprint density at radius 2 is 2.19 bits per heavy atom. The third-order valence-corrected chi connectivity index (χ3v) is 4.90. The van der Waals surface area contributed by atoms with E-state index in [0.29, 0.717) is 13.2 Å². The standard InChI is InChI=1S/C21H30N2O3/c1-16(2)20(26-15-18-8-5-14-25-18)21(24)22-11-6-12-23-13-10-17-7-3-4-9-19(17)23/h3-4,7,9-10,13,16,18,20H,5-6,8,11-12,14-15H2,1-2H3,(H,22,24)/t18-,20+/m1/s1. The minimum Gasteiger partial charge on any atom is -0.376 e. The van der Waals surface area contributed by atoms with Crippen molar-refractivity contribution in [2.45, 2.75) is 51.9 Å². The van der Waals surface area contributed by atoms with Gasteiger partial charge in [0.1, 0.15) is 6.10 Å². The molecule has 1 amide bonds. The monoisotopic (exact) mass is 358 g/mol. The smallest absolute Gasteiger partial charge is 0.249 e. The molecule has 26 heavy (non-hydrogen) atoms. The van der Waals surface area contributed by atoms with Gasteiger partial charge in [0.25, 0.3) is 0 Å². The number of carbonyl (C=O) groups is 1. The van der Waals surface area contributed by atoms with E-state index in [4.69, 9.17) is 9.47 Å². The Balaban J connectivity index is 1.42. The van der Waals surface area contributed by atoms with E-state index in [1.807, 2.05) is 13.8 Å². The molecule has 1 aromatic heterocycles. The Morgan fingerprint density at radius 3 is 2.96 bits per heavy atom. The molecule has 3 rings (SSSR count). The van der Waals surface area contributed by atoms with Gasteiger partial charge in [0, 0.05) is 31.4 Å². The van der Waals surface area contributed by atoms with E-state index in [1.54, 1.807) is 0 Å². The summed E-state index contributed by atoms with van der Waals surface area (Å²) in [6.07, 6.45) is 4.84. The van der Waals surface area contributed by atoms with Crippen LogP contribution in [0, 0.1) is 5.92 Å². The number of carbonyl (C=O) groups excluding carboxylic acids is 1. The summed E-state index contributed by atoms with van der Waals surface area (Å²) < 4.78 is 13.7. The fourth-order valence-corrected chi connectivity index (χ4v) is 3.45. The second-order valence-electron chi connectivity index (χ2n) is 7.35. The molecule has 0 radical (unpaired) electrons. The van der Waals surface area contributed by atoms with Crippen LogP contribution in [0.25, 0.3) is 10.9 Å². The molecule has 142 valence electrons. The highest BCUT2D eigenvalue weighted by molar-refractivity contribution is 5.81. The summed E-state index contributed by atoms with van der Waals surface area (Å²) in [4.78, 5) is 12.5. The molecule has 2 atom stereocenters. The predicted octanol–water partition coefficient (Wildman–Crippen LogP) is 3.37. The lowest BCUT2D eigenvalue weighted by Crippen LogP contribution is -2.41. The minimum absolute atomic E-state index is 0.0182. The van der Waals surface area contributed by atoms with Crippen LogP contribution in [0.5, 0.6) is 0 Å². The van der Waals surface area contributed by atoms with Crippen molar-refractivity contribution in [3.8, 4) is 0 Å². The molecule has 2 heterocycles. The Morgan fingerprint density at radius 1 is 1.35 bits per heavy atom. The lowest BCUT2D eigenvalue weighted by atomic mass is 10.1. The van der Waals surface area contributed by atoms with Crippen LogP contribution < -0.4 is 5.32 Å². The second kappa shape index (κ2) is 9.19. The van der Waals surface area contributed by atoms with Gasteiger partial charge in [-0.2, -0.15) is 0 Å². The molecular weight excluding hydrogens is 328 g/mol. The summed E-state index contributed by atoms with van der Waals surface area (Å²) in [6, 6.07) is 10.5. The van der Waals surface area contributed by atoms with Crippen LogP contribution in [0.1, 0.15) is 33.1 Å². The molecule has 1 N–H and O–H groups in total. The van der Waals surface area contributed by atoms with Crippen molar-refractivity contribution in [3.05, 3.63) is 36.5 Å². The fourth-order valence-electron chi connectivity index (χ4n) is 3.45. The first kappa shape index (κ1) is 18.9. The van der Waals surface area contributed by atoms with E-state index < -0.39 is 6.10 Å². The molecule has 0 spiro atoms. The third-order valence-electron chi connectivity index (χ3n) is 4.90. The van der Waals surface area contributed by atoms with E-state index in [2.05, 4.69) is 46.4 Å². The minimum atomic E-state index is -0.411. The average Bonchev–Trinajstić information content (AvgIpc) is 3.28. The first-order valence-electron chi connectivity index (χ1n) is 9.70. The zero-order valence-electron chi connectivity index (χ0n) is 15.8. The number of nitrogens with zero attached hydrogens (tertiary/aromatic N) is 1. The molecular formula is C21H30N2O3. The van der Waals surface area contributed by atoms with Gasteiger partial charge in [-0.15, -0.1) is 0 Å². The Kier molecular flexibility index (Phi) is 6.69. The number of hydrogen-bond acceptors (Lipinski definition) is 3. The van der Waals surface area contributed by atoms with Gasteiger partial charge in [-0.3, -0.25) is 4.79 Å². The van der Waals surface area contributed by atoms with E-state index in [1.165, 1.54) is 10.9 Å². The predicted molar refractivity (Wildman–Crippen MR) is 103 cm³/mol. The van der Waals surface area contributed by atoms with Gasteiger partial charge in [0.15, 0.2) is 0 Å². The molecule has 1 aromatic carbocycles. The molecule has 0 bridgehead atoms. The first-order valence-corrected chi connectivity index (χ1v) is 9.70. The third kappa shape index (κ3) is 4.86. The van der Waals surface area contributed by atoms with Gasteiger partial charge in [0.05, 0.1) is 12.7 Å². The molecule has 0 aliphatic carbocycles. The summed E-state index contributed by atoms with van der Waals surface area (Å²) >= 11 is 0. The van der Waals surface area contributed by atoms with E-state index in [0.717, 1.165) is 32.4 Å². The van der Waals surface area contributed by atoms with Crippen LogP contribution in [0.15, 0.2) is 36.5 Å². The van der Waals surface area contributed by atoms with E-state index >= 15 is 0 Å². The summed E-state index contributed by atoms with van der Waals surface area (Å²) in [5.41, 5.74) is 1.23. The average molecular weight is 358 g/mol. The number of benzene rings is 1. The summed E-state index contributed by atoms with van der Waals surface area (Å²) in [5.74, 6) is 0.125. The highest BCUT2D eigenvalue weighted by Crippen LogP contribution is 2.16. The number of para-hydroxylation sites is 1. The van der Waals surface area contributed by atoms with Crippen molar-refractivity contribution in [3.63, 3.8) is 0 Å². The van der Waals surface area contributed by atoms with Crippen molar-refractivity contribution in [1.29, 1.82) is 0 Å². The maximum Gasteiger partial charge on any atom is 0.249 e. The van der Waals surface area contributed by atoms with Crippen LogP contribution >= 0.6 is 0 Å². The number of amides is 1. The molecule has 5 nitrogen and oxygen atoms in total. The Hall–Kier alpha value is -1.85. The van der Waals surface area contributed by atoms with Crippen molar-refractivity contribution in [2.75, 3.05) is 19.8 Å². The zero-order chi connectivity index (χ0) is 18.4. The second-order valence-corrected chi connectivity index (χ2v) is 7.35. The molecule has 0 unspecified atom stereocenters. The van der Waals surface area contributed by atoms with Crippen molar-refractivity contribution < 1.29 is 14.3 Å². The number of hydrogen-bond donors (Lipinski definition) is 1. The topological polar surface area (TPSA) is 52.5 Å². The maximum absolute atomic E-state index is 12.5. The normalized spacial score (nSPS) is 18.5. The number of fused-ring (bicyclic) bond motifs is 1. The van der Waals surface area contributed by atoms with Crippen molar-refractivity contribution >= 4 is 16.8 Å². The lowest BCUT2D eigenvalue weighted by molar-refractivity contribution is -0.138. The van der Waals surface area contributed by atoms with Crippen LogP contribution in [-0.2, 0) is 20.8 Å². The van der Waals surface area contributed by atoms with Crippen molar-refractivity contribution in [2.24, 2.45) is 5.92 Å². The molecule has 1 aliphatic heterocycles. The van der Waals surface area contributed by atoms with Gasteiger partial charge in [-0.25, -0.2) is 0 Å². The molecule has 1 aliphatic rings. The zero-order valence-corrected chi connectivity index (χ0v) is 15.8. The highest BCUT2D eigenvalue weighted by Gasteiger charge is 2.25. The fraction of sp³-hybridized carbons (Fsp3) is 0.571. The van der Waals surface area contributed by atoms with Gasteiger partial charge >= 0.3 is 0 Å². The van der Waals surface area contributed by atoms with Crippen LogP contribution in [0.3, 0.4) is 0 Å². The lowest BCUT2D eigenvalue weighted by Gasteiger charge is -2.22.